The number of anilines is 2. The minimum absolute atomic E-state index is 0.180. The van der Waals surface area contributed by atoms with E-state index >= 15 is 0 Å². The third kappa shape index (κ3) is 6.55. The summed E-state index contributed by atoms with van der Waals surface area (Å²) >= 11 is 0. The van der Waals surface area contributed by atoms with Crippen LogP contribution >= 0.6 is 0 Å². The van der Waals surface area contributed by atoms with Crippen LogP contribution in [0.15, 0.2) is 48.5 Å². The van der Waals surface area contributed by atoms with Gasteiger partial charge >= 0.3 is 6.03 Å². The third-order valence-corrected chi connectivity index (χ3v) is 3.47. The number of carbonyl (C=O) groups is 2. The van der Waals surface area contributed by atoms with Gasteiger partial charge < -0.3 is 21.1 Å². The van der Waals surface area contributed by atoms with E-state index < -0.39 is 0 Å². The van der Waals surface area contributed by atoms with Gasteiger partial charge in [0.2, 0.25) is 5.91 Å². The predicted molar refractivity (Wildman–Crippen MR) is 98.8 cm³/mol. The zero-order chi connectivity index (χ0) is 18.1. The van der Waals surface area contributed by atoms with Gasteiger partial charge in [0.1, 0.15) is 5.75 Å². The molecule has 0 aliphatic rings. The van der Waals surface area contributed by atoms with Crippen molar-refractivity contribution in [1.82, 2.24) is 0 Å². The van der Waals surface area contributed by atoms with Crippen molar-refractivity contribution in [3.05, 3.63) is 54.1 Å². The monoisotopic (exact) mass is 341 g/mol. The molecule has 0 aromatic heterocycles. The highest BCUT2D eigenvalue weighted by Crippen LogP contribution is 2.17. The Hall–Kier alpha value is -3.02. The molecule has 0 aliphatic heterocycles. The second-order valence-electron chi connectivity index (χ2n) is 5.65. The summed E-state index contributed by atoms with van der Waals surface area (Å²) in [4.78, 5) is 22.9. The fourth-order valence-corrected chi connectivity index (χ4v) is 2.17. The number of benzene rings is 2. The number of primary amides is 1. The van der Waals surface area contributed by atoms with E-state index in [-0.39, 0.29) is 18.4 Å². The van der Waals surface area contributed by atoms with Crippen LogP contribution in [0.5, 0.6) is 5.75 Å². The number of ether oxygens (including phenoxy) is 1. The van der Waals surface area contributed by atoms with E-state index in [2.05, 4.69) is 17.6 Å². The minimum Gasteiger partial charge on any atom is -0.494 e. The van der Waals surface area contributed by atoms with Crippen LogP contribution < -0.4 is 21.1 Å². The van der Waals surface area contributed by atoms with E-state index in [0.717, 1.165) is 24.2 Å². The number of rotatable bonds is 8. The molecule has 0 saturated carbocycles. The standard InChI is InChI=1S/C19H23N3O3/c1-2-3-12-25-17-10-8-16(9-11-17)22-19(24)21-15-6-4-14(5-7-15)13-18(20)23/h4-11H,2-3,12-13H2,1H3,(H2,20,23)(H2,21,22,24). The van der Waals surface area contributed by atoms with Crippen molar-refractivity contribution >= 4 is 23.3 Å². The first-order valence-corrected chi connectivity index (χ1v) is 8.25. The van der Waals surface area contributed by atoms with Crippen molar-refractivity contribution in [2.45, 2.75) is 26.2 Å². The van der Waals surface area contributed by atoms with Crippen LogP contribution in [0.2, 0.25) is 0 Å². The highest BCUT2D eigenvalue weighted by atomic mass is 16.5. The molecule has 2 rings (SSSR count). The normalized spacial score (nSPS) is 10.1. The number of hydrogen-bond donors (Lipinski definition) is 3. The first-order chi connectivity index (χ1) is 12.1. The van der Waals surface area contributed by atoms with Crippen molar-refractivity contribution in [1.29, 1.82) is 0 Å². The number of unbranched alkanes of at least 4 members (excludes halogenated alkanes) is 1. The molecule has 25 heavy (non-hydrogen) atoms. The smallest absolute Gasteiger partial charge is 0.323 e. The zero-order valence-corrected chi connectivity index (χ0v) is 14.2. The Balaban J connectivity index is 1.84. The van der Waals surface area contributed by atoms with Gasteiger partial charge in [-0.25, -0.2) is 4.79 Å². The lowest BCUT2D eigenvalue weighted by Crippen LogP contribution is -2.19. The van der Waals surface area contributed by atoms with Crippen molar-refractivity contribution < 1.29 is 14.3 Å². The molecular weight excluding hydrogens is 318 g/mol. The largest absolute Gasteiger partial charge is 0.494 e. The Morgan fingerprint density at radius 3 is 2.04 bits per heavy atom. The summed E-state index contributed by atoms with van der Waals surface area (Å²) in [5.74, 6) is 0.394. The first-order valence-electron chi connectivity index (χ1n) is 8.25. The fraction of sp³-hybridized carbons (Fsp3) is 0.263. The van der Waals surface area contributed by atoms with Crippen LogP contribution in [-0.2, 0) is 11.2 Å². The molecule has 0 unspecified atom stereocenters. The van der Waals surface area contributed by atoms with Crippen molar-refractivity contribution in [2.75, 3.05) is 17.2 Å². The number of carbonyl (C=O) groups excluding carboxylic acids is 2. The maximum atomic E-state index is 12.0. The quantitative estimate of drug-likeness (QED) is 0.641. The first kappa shape index (κ1) is 18.3. The minimum atomic E-state index is -0.388. The SMILES string of the molecule is CCCCOc1ccc(NC(=O)Nc2ccc(CC(N)=O)cc2)cc1. The number of nitrogens with two attached hydrogens (primary N) is 1. The number of urea groups is 1. The molecule has 0 radical (unpaired) electrons. The molecular formula is C19H23N3O3. The molecule has 0 heterocycles. The van der Waals surface area contributed by atoms with Crippen LogP contribution in [0, 0.1) is 0 Å². The van der Waals surface area contributed by atoms with Gasteiger partial charge in [-0.15, -0.1) is 0 Å². The van der Waals surface area contributed by atoms with Gasteiger partial charge in [-0.1, -0.05) is 25.5 Å². The average Bonchev–Trinajstić information content (AvgIpc) is 2.58. The fourth-order valence-electron chi connectivity index (χ4n) is 2.17. The molecule has 3 amide bonds. The van der Waals surface area contributed by atoms with Crippen LogP contribution in [0.25, 0.3) is 0 Å². The van der Waals surface area contributed by atoms with Crippen LogP contribution in [0.3, 0.4) is 0 Å². The van der Waals surface area contributed by atoms with Gasteiger partial charge in [0.15, 0.2) is 0 Å². The maximum Gasteiger partial charge on any atom is 0.323 e. The molecule has 4 N–H and O–H groups in total. The summed E-state index contributed by atoms with van der Waals surface area (Å²) in [6.45, 7) is 2.80. The van der Waals surface area contributed by atoms with Crippen molar-refractivity contribution in [3.63, 3.8) is 0 Å². The third-order valence-electron chi connectivity index (χ3n) is 3.47. The molecule has 132 valence electrons. The highest BCUT2D eigenvalue weighted by molar-refractivity contribution is 5.99. The Labute approximate surface area is 147 Å². The molecule has 2 aromatic rings. The Bertz CT molecular complexity index is 697. The number of amides is 3. The predicted octanol–water partition coefficient (Wildman–Crippen LogP) is 3.54. The van der Waals surface area contributed by atoms with E-state index in [9.17, 15) is 9.59 Å². The van der Waals surface area contributed by atoms with Crippen LogP contribution in [-0.4, -0.2) is 18.5 Å². The molecule has 0 bridgehead atoms. The lowest BCUT2D eigenvalue weighted by Gasteiger charge is -2.09. The van der Waals surface area contributed by atoms with Crippen LogP contribution in [0.4, 0.5) is 16.2 Å². The number of nitrogens with one attached hydrogen (secondary N) is 2. The zero-order valence-electron chi connectivity index (χ0n) is 14.2. The van der Waals surface area contributed by atoms with E-state index in [0.29, 0.717) is 18.0 Å². The van der Waals surface area contributed by atoms with Gasteiger partial charge in [0.25, 0.3) is 0 Å². The van der Waals surface area contributed by atoms with E-state index in [1.165, 1.54) is 0 Å². The maximum absolute atomic E-state index is 12.0. The summed E-state index contributed by atoms with van der Waals surface area (Å²) in [5.41, 5.74) is 7.25. The lowest BCUT2D eigenvalue weighted by molar-refractivity contribution is -0.117. The van der Waals surface area contributed by atoms with Gasteiger partial charge in [-0.05, 0) is 48.4 Å². The van der Waals surface area contributed by atoms with Gasteiger partial charge in [0.05, 0.1) is 13.0 Å². The van der Waals surface area contributed by atoms with Gasteiger partial charge in [-0.3, -0.25) is 4.79 Å². The lowest BCUT2D eigenvalue weighted by atomic mass is 10.1. The van der Waals surface area contributed by atoms with E-state index in [1.807, 2.05) is 12.1 Å². The Morgan fingerprint density at radius 1 is 0.960 bits per heavy atom. The average molecular weight is 341 g/mol. The molecule has 6 nitrogen and oxygen atoms in total. The van der Waals surface area contributed by atoms with Crippen molar-refractivity contribution in [2.24, 2.45) is 5.73 Å². The molecule has 2 aromatic carbocycles. The molecule has 0 fully saturated rings. The van der Waals surface area contributed by atoms with E-state index in [1.54, 1.807) is 36.4 Å². The van der Waals surface area contributed by atoms with Crippen molar-refractivity contribution in [3.8, 4) is 5.75 Å². The molecule has 0 aliphatic carbocycles. The molecule has 0 spiro atoms. The number of hydrogen-bond acceptors (Lipinski definition) is 3. The Kier molecular flexibility index (Phi) is 6.83. The summed E-state index contributed by atoms with van der Waals surface area (Å²) in [6, 6.07) is 13.8. The van der Waals surface area contributed by atoms with Gasteiger partial charge in [0, 0.05) is 11.4 Å². The highest BCUT2D eigenvalue weighted by Gasteiger charge is 2.04. The topological polar surface area (TPSA) is 93.4 Å². The second-order valence-corrected chi connectivity index (χ2v) is 5.65. The summed E-state index contributed by atoms with van der Waals surface area (Å²) < 4.78 is 5.58. The summed E-state index contributed by atoms with van der Waals surface area (Å²) in [6.07, 6.45) is 2.28. The van der Waals surface area contributed by atoms with E-state index in [4.69, 9.17) is 10.5 Å². The molecule has 6 heteroatoms. The van der Waals surface area contributed by atoms with Gasteiger partial charge in [-0.2, -0.15) is 0 Å². The second kappa shape index (κ2) is 9.32. The molecule has 0 saturated heterocycles. The summed E-state index contributed by atoms with van der Waals surface area (Å²) in [7, 11) is 0. The van der Waals surface area contributed by atoms with Crippen LogP contribution in [0.1, 0.15) is 25.3 Å². The molecule has 0 atom stereocenters. The summed E-state index contributed by atoms with van der Waals surface area (Å²) in [5, 5.41) is 5.48. The Morgan fingerprint density at radius 2 is 1.52 bits per heavy atom.